The zero-order valence-electron chi connectivity index (χ0n) is 7.94. The maximum atomic E-state index is 12.6. The van der Waals surface area contributed by atoms with Crippen molar-refractivity contribution in [3.05, 3.63) is 35.6 Å². The number of nitrogens with zero attached hydrogens (tertiary/aromatic N) is 1. The van der Waals surface area contributed by atoms with E-state index >= 15 is 0 Å². The van der Waals surface area contributed by atoms with Crippen LogP contribution in [-0.4, -0.2) is 11.2 Å². The van der Waals surface area contributed by atoms with E-state index in [2.05, 4.69) is 0 Å². The van der Waals surface area contributed by atoms with Gasteiger partial charge in [0.25, 0.3) is 0 Å². The number of nitriles is 1. The van der Waals surface area contributed by atoms with Gasteiger partial charge < -0.3 is 5.11 Å². The maximum absolute atomic E-state index is 12.6. The van der Waals surface area contributed by atoms with E-state index in [1.165, 1.54) is 12.1 Å². The summed E-state index contributed by atoms with van der Waals surface area (Å²) >= 11 is 0. The summed E-state index contributed by atoms with van der Waals surface area (Å²) in [6.07, 6.45) is -0.594. The van der Waals surface area contributed by atoms with Gasteiger partial charge in [-0.05, 0) is 17.7 Å². The van der Waals surface area contributed by atoms with E-state index in [0.717, 1.165) is 5.56 Å². The van der Waals surface area contributed by atoms with Gasteiger partial charge in [-0.3, -0.25) is 0 Å². The fourth-order valence-electron chi connectivity index (χ4n) is 1.26. The van der Waals surface area contributed by atoms with Gasteiger partial charge in [0.15, 0.2) is 0 Å². The highest BCUT2D eigenvalue weighted by Gasteiger charge is 2.15. The van der Waals surface area contributed by atoms with Crippen molar-refractivity contribution in [1.29, 1.82) is 5.26 Å². The molecule has 1 aromatic rings. The molecule has 0 fully saturated rings. The normalized spacial score (nSPS) is 14.4. The summed E-state index contributed by atoms with van der Waals surface area (Å²) in [5.41, 5.74) is 0.842. The monoisotopic (exact) mass is 193 g/mol. The van der Waals surface area contributed by atoms with Crippen LogP contribution in [0.4, 0.5) is 4.39 Å². The van der Waals surface area contributed by atoms with E-state index in [4.69, 9.17) is 5.26 Å². The summed E-state index contributed by atoms with van der Waals surface area (Å²) in [6, 6.07) is 7.86. The van der Waals surface area contributed by atoms with Crippen molar-refractivity contribution in [3.63, 3.8) is 0 Å². The molecule has 1 N–H and O–H groups in total. The maximum Gasteiger partial charge on any atom is 0.123 e. The Morgan fingerprint density at radius 3 is 2.50 bits per heavy atom. The topological polar surface area (TPSA) is 44.0 Å². The molecule has 0 aliphatic carbocycles. The van der Waals surface area contributed by atoms with Gasteiger partial charge in [-0.1, -0.05) is 19.1 Å². The number of aliphatic hydroxyl groups excluding tert-OH is 1. The molecule has 0 aliphatic rings. The lowest BCUT2D eigenvalue weighted by molar-refractivity contribution is 0.154. The zero-order valence-corrected chi connectivity index (χ0v) is 7.94. The molecule has 2 nitrogen and oxygen atoms in total. The number of benzene rings is 1. The second-order valence-electron chi connectivity index (χ2n) is 3.27. The van der Waals surface area contributed by atoms with Crippen LogP contribution in [-0.2, 0) is 0 Å². The molecular weight excluding hydrogens is 181 g/mol. The van der Waals surface area contributed by atoms with E-state index in [1.807, 2.05) is 13.0 Å². The molecule has 1 aromatic carbocycles. The lowest BCUT2D eigenvalue weighted by Crippen LogP contribution is -2.14. The Labute approximate surface area is 82.6 Å². The van der Waals surface area contributed by atoms with Crippen LogP contribution in [0, 0.1) is 17.1 Å². The molecule has 0 aliphatic heterocycles. The van der Waals surface area contributed by atoms with Crippen LogP contribution in [0.3, 0.4) is 0 Å². The van der Waals surface area contributed by atoms with E-state index in [-0.39, 0.29) is 18.2 Å². The molecule has 0 radical (unpaired) electrons. The van der Waals surface area contributed by atoms with Crippen molar-refractivity contribution in [2.24, 2.45) is 0 Å². The highest BCUT2D eigenvalue weighted by molar-refractivity contribution is 5.21. The van der Waals surface area contributed by atoms with Gasteiger partial charge in [-0.25, -0.2) is 4.39 Å². The minimum Gasteiger partial charge on any atom is -0.391 e. The van der Waals surface area contributed by atoms with Gasteiger partial charge in [-0.15, -0.1) is 0 Å². The first kappa shape index (κ1) is 10.7. The second kappa shape index (κ2) is 4.73. The second-order valence-corrected chi connectivity index (χ2v) is 3.27. The SMILES string of the molecule is CC(c1ccc(F)cc1)C(O)CC#N. The average molecular weight is 193 g/mol. The molecule has 3 heteroatoms. The summed E-state index contributed by atoms with van der Waals surface area (Å²) in [5.74, 6) is -0.439. The average Bonchev–Trinajstić information content (AvgIpc) is 2.18. The number of aliphatic hydroxyl groups is 1. The lowest BCUT2D eigenvalue weighted by atomic mass is 9.94. The van der Waals surface area contributed by atoms with Crippen LogP contribution in [0.2, 0.25) is 0 Å². The van der Waals surface area contributed by atoms with Crippen LogP contribution >= 0.6 is 0 Å². The van der Waals surface area contributed by atoms with Gasteiger partial charge in [0.1, 0.15) is 5.82 Å². The third kappa shape index (κ3) is 2.54. The van der Waals surface area contributed by atoms with Gasteiger partial charge >= 0.3 is 0 Å². The first-order chi connectivity index (χ1) is 6.65. The van der Waals surface area contributed by atoms with Gasteiger partial charge in [0.05, 0.1) is 18.6 Å². The quantitative estimate of drug-likeness (QED) is 0.799. The van der Waals surface area contributed by atoms with Crippen LogP contribution in [0.5, 0.6) is 0 Å². The Bertz CT molecular complexity index is 328. The fraction of sp³-hybridized carbons (Fsp3) is 0.364. The summed E-state index contributed by atoms with van der Waals surface area (Å²) in [7, 11) is 0. The number of hydrogen-bond acceptors (Lipinski definition) is 2. The van der Waals surface area contributed by atoms with Crippen molar-refractivity contribution in [3.8, 4) is 6.07 Å². The molecular formula is C11H12FNO. The summed E-state index contributed by atoms with van der Waals surface area (Å²) in [5, 5.41) is 17.9. The number of halogens is 1. The lowest BCUT2D eigenvalue weighted by Gasteiger charge is -2.16. The molecule has 0 heterocycles. The highest BCUT2D eigenvalue weighted by Crippen LogP contribution is 2.20. The summed E-state index contributed by atoms with van der Waals surface area (Å²) in [4.78, 5) is 0. The standard InChI is InChI=1S/C11H12FNO/c1-8(11(14)6-7-13)9-2-4-10(12)5-3-9/h2-5,8,11,14H,6H2,1H3. The third-order valence-electron chi connectivity index (χ3n) is 2.27. The molecule has 14 heavy (non-hydrogen) atoms. The minimum absolute atomic E-state index is 0.0958. The summed E-state index contributed by atoms with van der Waals surface area (Å²) < 4.78 is 12.6. The van der Waals surface area contributed by atoms with Crippen LogP contribution < -0.4 is 0 Å². The van der Waals surface area contributed by atoms with Crippen molar-refractivity contribution in [1.82, 2.24) is 0 Å². The van der Waals surface area contributed by atoms with Crippen molar-refractivity contribution in [2.45, 2.75) is 25.4 Å². The summed E-state index contributed by atoms with van der Waals surface area (Å²) in [6.45, 7) is 1.81. The molecule has 2 unspecified atom stereocenters. The number of hydrogen-bond donors (Lipinski definition) is 1. The molecule has 1 rings (SSSR count). The van der Waals surface area contributed by atoms with Crippen molar-refractivity contribution >= 4 is 0 Å². The largest absolute Gasteiger partial charge is 0.391 e. The Morgan fingerprint density at radius 1 is 1.43 bits per heavy atom. The van der Waals surface area contributed by atoms with E-state index in [1.54, 1.807) is 12.1 Å². The molecule has 2 atom stereocenters. The zero-order chi connectivity index (χ0) is 10.6. The molecule has 0 spiro atoms. The Balaban J connectivity index is 2.74. The van der Waals surface area contributed by atoms with Crippen LogP contribution in [0.15, 0.2) is 24.3 Å². The van der Waals surface area contributed by atoms with E-state index in [0.29, 0.717) is 0 Å². The van der Waals surface area contributed by atoms with Gasteiger partial charge in [0, 0.05) is 5.92 Å². The molecule has 0 bridgehead atoms. The van der Waals surface area contributed by atoms with Gasteiger partial charge in [-0.2, -0.15) is 5.26 Å². The highest BCUT2D eigenvalue weighted by atomic mass is 19.1. The molecule has 0 saturated carbocycles. The number of rotatable bonds is 3. The van der Waals surface area contributed by atoms with E-state index in [9.17, 15) is 9.50 Å². The molecule has 74 valence electrons. The van der Waals surface area contributed by atoms with E-state index < -0.39 is 6.10 Å². The van der Waals surface area contributed by atoms with Crippen molar-refractivity contribution in [2.75, 3.05) is 0 Å². The molecule has 0 saturated heterocycles. The predicted octanol–water partition coefficient (Wildman–Crippen LogP) is 2.20. The Kier molecular flexibility index (Phi) is 3.61. The van der Waals surface area contributed by atoms with Crippen molar-refractivity contribution < 1.29 is 9.50 Å². The minimum atomic E-state index is -0.689. The fourth-order valence-corrected chi connectivity index (χ4v) is 1.26. The first-order valence-corrected chi connectivity index (χ1v) is 4.45. The Hall–Kier alpha value is -1.40. The Morgan fingerprint density at radius 2 is 2.00 bits per heavy atom. The van der Waals surface area contributed by atoms with Gasteiger partial charge in [0.2, 0.25) is 0 Å². The van der Waals surface area contributed by atoms with Crippen LogP contribution in [0.1, 0.15) is 24.8 Å². The molecule has 0 aromatic heterocycles. The molecule has 0 amide bonds. The third-order valence-corrected chi connectivity index (χ3v) is 2.27. The smallest absolute Gasteiger partial charge is 0.123 e. The predicted molar refractivity (Wildman–Crippen MR) is 51.1 cm³/mol. The first-order valence-electron chi connectivity index (χ1n) is 4.45. The van der Waals surface area contributed by atoms with Crippen LogP contribution in [0.25, 0.3) is 0 Å².